The fourth-order valence-electron chi connectivity index (χ4n) is 2.42. The van der Waals surface area contributed by atoms with Crippen molar-refractivity contribution in [3.63, 3.8) is 0 Å². The molecule has 2 rings (SSSR count). The zero-order valence-corrected chi connectivity index (χ0v) is 15.8. The van der Waals surface area contributed by atoms with Gasteiger partial charge in [-0.25, -0.2) is 0 Å². The first-order chi connectivity index (χ1) is 11.3. The van der Waals surface area contributed by atoms with Crippen LogP contribution in [0.3, 0.4) is 0 Å². The molecule has 0 bridgehead atoms. The Morgan fingerprint density at radius 1 is 1.00 bits per heavy atom. The van der Waals surface area contributed by atoms with Crippen molar-refractivity contribution in [3.05, 3.63) is 65.7 Å². The van der Waals surface area contributed by atoms with Gasteiger partial charge >= 0.3 is 147 Å². The summed E-state index contributed by atoms with van der Waals surface area (Å²) in [6.07, 6.45) is 7.48. The van der Waals surface area contributed by atoms with Crippen molar-refractivity contribution in [2.75, 3.05) is 7.11 Å². The number of hydrogen-bond acceptors (Lipinski definition) is 1. The number of benzene rings is 2. The SMILES string of the molecule is CCCCC/C(=C/c1ccc(OC)cc1)C[Se]c1ccccc1. The molecule has 1 nitrogen and oxygen atoms in total. The van der Waals surface area contributed by atoms with Gasteiger partial charge in [0.05, 0.1) is 0 Å². The van der Waals surface area contributed by atoms with Gasteiger partial charge in [-0.3, -0.25) is 0 Å². The number of unbranched alkanes of at least 4 members (excludes halogenated alkanes) is 2. The molecular weight excluding hydrogens is 347 g/mol. The molecule has 0 aliphatic heterocycles. The summed E-state index contributed by atoms with van der Waals surface area (Å²) in [6, 6.07) is 19.2. The molecule has 23 heavy (non-hydrogen) atoms. The van der Waals surface area contributed by atoms with Gasteiger partial charge in [0.2, 0.25) is 0 Å². The van der Waals surface area contributed by atoms with Crippen LogP contribution in [0.5, 0.6) is 5.75 Å². The van der Waals surface area contributed by atoms with Gasteiger partial charge in [0.1, 0.15) is 0 Å². The van der Waals surface area contributed by atoms with Crippen molar-refractivity contribution in [3.8, 4) is 5.75 Å². The van der Waals surface area contributed by atoms with Crippen LogP contribution in [-0.2, 0) is 0 Å². The summed E-state index contributed by atoms with van der Waals surface area (Å²) in [7, 11) is 1.71. The zero-order chi connectivity index (χ0) is 16.3. The fourth-order valence-corrected chi connectivity index (χ4v) is 4.37. The van der Waals surface area contributed by atoms with Crippen molar-refractivity contribution < 1.29 is 4.74 Å². The van der Waals surface area contributed by atoms with E-state index in [1.54, 1.807) is 12.7 Å². The Kier molecular flexibility index (Phi) is 8.00. The predicted octanol–water partition coefficient (Wildman–Crippen LogP) is 5.11. The van der Waals surface area contributed by atoms with Gasteiger partial charge < -0.3 is 0 Å². The molecule has 0 aliphatic rings. The van der Waals surface area contributed by atoms with Gasteiger partial charge in [0.15, 0.2) is 0 Å². The van der Waals surface area contributed by atoms with E-state index in [1.807, 2.05) is 12.1 Å². The van der Waals surface area contributed by atoms with Gasteiger partial charge in [-0.05, 0) is 0 Å². The zero-order valence-electron chi connectivity index (χ0n) is 14.1. The molecule has 0 saturated carbocycles. The van der Waals surface area contributed by atoms with Crippen LogP contribution in [0, 0.1) is 0 Å². The summed E-state index contributed by atoms with van der Waals surface area (Å²) < 4.78 is 6.72. The first-order valence-electron chi connectivity index (χ1n) is 8.33. The quantitative estimate of drug-likeness (QED) is 0.439. The maximum atomic E-state index is 5.24. The van der Waals surface area contributed by atoms with Crippen LogP contribution in [0.25, 0.3) is 6.08 Å². The summed E-state index contributed by atoms with van der Waals surface area (Å²) in [4.78, 5) is 0. The normalized spacial score (nSPS) is 11.5. The Morgan fingerprint density at radius 3 is 2.39 bits per heavy atom. The summed E-state index contributed by atoms with van der Waals surface area (Å²) in [5.41, 5.74) is 2.86. The molecule has 0 radical (unpaired) electrons. The average Bonchev–Trinajstić information content (AvgIpc) is 2.61. The van der Waals surface area contributed by atoms with Crippen molar-refractivity contribution in [2.24, 2.45) is 0 Å². The molecule has 0 heterocycles. The Bertz CT molecular complexity index is 587. The third-order valence-electron chi connectivity index (χ3n) is 3.76. The van der Waals surface area contributed by atoms with E-state index in [-0.39, 0.29) is 0 Å². The predicted molar refractivity (Wildman–Crippen MR) is 102 cm³/mol. The standard InChI is InChI=1S/C21H26OSe/c1-3-4-6-9-19(17-23-21-10-7-5-8-11-21)16-18-12-14-20(22-2)15-13-18/h5,7-8,10-16H,3-4,6,9,17H2,1-2H3/b19-16-. The molecule has 0 atom stereocenters. The molecule has 122 valence electrons. The van der Waals surface area contributed by atoms with Crippen molar-refractivity contribution >= 4 is 25.5 Å². The first-order valence-corrected chi connectivity index (χ1v) is 10.4. The van der Waals surface area contributed by atoms with E-state index < -0.39 is 0 Å². The van der Waals surface area contributed by atoms with Crippen LogP contribution in [0.1, 0.15) is 38.2 Å². The second-order valence-corrected chi connectivity index (χ2v) is 7.83. The van der Waals surface area contributed by atoms with Crippen LogP contribution in [0.2, 0.25) is 5.32 Å². The second-order valence-electron chi connectivity index (χ2n) is 5.63. The average molecular weight is 373 g/mol. The molecule has 0 fully saturated rings. The number of rotatable bonds is 9. The van der Waals surface area contributed by atoms with Crippen molar-refractivity contribution in [1.82, 2.24) is 0 Å². The summed E-state index contributed by atoms with van der Waals surface area (Å²) in [6.45, 7) is 2.26. The Morgan fingerprint density at radius 2 is 1.74 bits per heavy atom. The molecule has 2 aromatic carbocycles. The van der Waals surface area contributed by atoms with E-state index >= 15 is 0 Å². The Hall–Kier alpha value is -1.50. The van der Waals surface area contributed by atoms with Gasteiger partial charge in [-0.1, -0.05) is 0 Å². The van der Waals surface area contributed by atoms with E-state index in [4.69, 9.17) is 4.74 Å². The molecule has 0 N–H and O–H groups in total. The van der Waals surface area contributed by atoms with Gasteiger partial charge in [-0.2, -0.15) is 0 Å². The molecular formula is C21H26OSe. The third-order valence-corrected chi connectivity index (χ3v) is 6.11. The van der Waals surface area contributed by atoms with Crippen molar-refractivity contribution in [1.29, 1.82) is 0 Å². The van der Waals surface area contributed by atoms with Crippen molar-refractivity contribution in [2.45, 2.75) is 37.9 Å². The van der Waals surface area contributed by atoms with E-state index in [0.717, 1.165) is 5.75 Å². The number of ether oxygens (including phenoxy) is 1. The molecule has 0 aromatic heterocycles. The molecule has 0 saturated heterocycles. The van der Waals surface area contributed by atoms with E-state index in [9.17, 15) is 0 Å². The van der Waals surface area contributed by atoms with Crippen LogP contribution in [-0.4, -0.2) is 22.1 Å². The van der Waals surface area contributed by atoms with Crippen LogP contribution in [0.15, 0.2) is 60.2 Å². The molecule has 2 aromatic rings. The van der Waals surface area contributed by atoms with Crippen LogP contribution < -0.4 is 9.20 Å². The molecule has 0 aliphatic carbocycles. The topological polar surface area (TPSA) is 9.23 Å². The summed E-state index contributed by atoms with van der Waals surface area (Å²) >= 11 is 0.520. The van der Waals surface area contributed by atoms with E-state index in [1.165, 1.54) is 41.0 Å². The third kappa shape index (κ3) is 6.64. The molecule has 0 spiro atoms. The maximum absolute atomic E-state index is 5.24. The number of methoxy groups -OCH3 is 1. The minimum atomic E-state index is 0.520. The van der Waals surface area contributed by atoms with E-state index in [2.05, 4.69) is 55.5 Å². The second kappa shape index (κ2) is 10.3. The minimum absolute atomic E-state index is 0.520. The fraction of sp³-hybridized carbons (Fsp3) is 0.333. The Balaban J connectivity index is 2.03. The number of allylic oxidation sites excluding steroid dienone is 1. The van der Waals surface area contributed by atoms with Gasteiger partial charge in [-0.15, -0.1) is 0 Å². The Labute approximate surface area is 146 Å². The summed E-state index contributed by atoms with van der Waals surface area (Å²) in [5.74, 6) is 0.920. The van der Waals surface area contributed by atoms with Crippen LogP contribution in [0.4, 0.5) is 0 Å². The first kappa shape index (κ1) is 17.8. The summed E-state index contributed by atoms with van der Waals surface area (Å²) in [5, 5.41) is 1.20. The molecule has 0 amide bonds. The van der Waals surface area contributed by atoms with Crippen LogP contribution >= 0.6 is 0 Å². The van der Waals surface area contributed by atoms with E-state index in [0.29, 0.717) is 15.0 Å². The number of hydrogen-bond donors (Lipinski definition) is 0. The molecule has 2 heteroatoms. The monoisotopic (exact) mass is 374 g/mol. The van der Waals surface area contributed by atoms with Gasteiger partial charge in [0, 0.05) is 0 Å². The van der Waals surface area contributed by atoms with Gasteiger partial charge in [0.25, 0.3) is 0 Å². The molecule has 0 unspecified atom stereocenters.